The van der Waals surface area contributed by atoms with Gasteiger partial charge in [-0.1, -0.05) is 30.7 Å². The van der Waals surface area contributed by atoms with Crippen molar-refractivity contribution in [3.63, 3.8) is 0 Å². The van der Waals surface area contributed by atoms with Gasteiger partial charge in [0.1, 0.15) is 0 Å². The molecule has 19 heavy (non-hydrogen) atoms. The molecule has 1 aromatic carbocycles. The lowest BCUT2D eigenvalue weighted by Crippen LogP contribution is -1.96. The van der Waals surface area contributed by atoms with E-state index in [0.29, 0.717) is 0 Å². The van der Waals surface area contributed by atoms with Gasteiger partial charge in [0.05, 0.1) is 15.9 Å². The third-order valence-electron chi connectivity index (χ3n) is 3.27. The lowest BCUT2D eigenvalue weighted by molar-refractivity contribution is 1.04. The summed E-state index contributed by atoms with van der Waals surface area (Å²) in [4.78, 5) is 9.50. The molecule has 0 bridgehead atoms. The second-order valence-electron chi connectivity index (χ2n) is 4.81. The highest BCUT2D eigenvalue weighted by molar-refractivity contribution is 7.17. The lowest BCUT2D eigenvalue weighted by atomic mass is 10.1. The van der Waals surface area contributed by atoms with Gasteiger partial charge in [-0.15, -0.1) is 11.3 Å². The fourth-order valence-electron chi connectivity index (χ4n) is 2.24. The number of nitrogens with zero attached hydrogens (tertiary/aromatic N) is 2. The van der Waals surface area contributed by atoms with Gasteiger partial charge in [-0.2, -0.15) is 0 Å². The summed E-state index contributed by atoms with van der Waals surface area (Å²) >= 11 is 1.75. The Labute approximate surface area is 117 Å². The molecule has 0 aliphatic carbocycles. The van der Waals surface area contributed by atoms with E-state index in [1.165, 1.54) is 15.8 Å². The fourth-order valence-corrected chi connectivity index (χ4v) is 3.29. The molecular weight excluding hydrogens is 252 g/mol. The van der Waals surface area contributed by atoms with Crippen LogP contribution in [0.25, 0.3) is 21.6 Å². The first-order chi connectivity index (χ1) is 9.19. The van der Waals surface area contributed by atoms with E-state index in [0.717, 1.165) is 29.0 Å². The predicted octanol–water partition coefficient (Wildman–Crippen LogP) is 4.54. The van der Waals surface area contributed by atoms with Crippen molar-refractivity contribution in [2.24, 2.45) is 0 Å². The second-order valence-corrected chi connectivity index (χ2v) is 5.69. The van der Waals surface area contributed by atoms with Crippen molar-refractivity contribution in [3.05, 3.63) is 46.5 Å². The van der Waals surface area contributed by atoms with Gasteiger partial charge in [0.15, 0.2) is 5.82 Å². The third kappa shape index (κ3) is 2.15. The fraction of sp³-hybridized carbons (Fsp3) is 0.250. The molecule has 0 fully saturated rings. The van der Waals surface area contributed by atoms with Crippen molar-refractivity contribution in [3.8, 4) is 11.4 Å². The van der Waals surface area contributed by atoms with Crippen LogP contribution in [0, 0.1) is 13.8 Å². The first kappa shape index (κ1) is 12.3. The molecule has 0 radical (unpaired) electrons. The zero-order valence-corrected chi connectivity index (χ0v) is 12.2. The van der Waals surface area contributed by atoms with Gasteiger partial charge < -0.3 is 0 Å². The predicted molar refractivity (Wildman–Crippen MR) is 81.7 cm³/mol. The highest BCUT2D eigenvalue weighted by Crippen LogP contribution is 2.29. The first-order valence-electron chi connectivity index (χ1n) is 6.50. The van der Waals surface area contributed by atoms with Crippen molar-refractivity contribution >= 4 is 21.6 Å². The van der Waals surface area contributed by atoms with E-state index in [1.54, 1.807) is 11.3 Å². The summed E-state index contributed by atoms with van der Waals surface area (Å²) in [6.45, 7) is 6.36. The standard InChI is InChI=1S/C16H16N2S/c1-4-13-15-14(11(3)9-19-15)18-16(17-13)12-7-5-6-10(2)8-12/h5-9H,4H2,1-3H3. The van der Waals surface area contributed by atoms with Crippen LogP contribution >= 0.6 is 11.3 Å². The largest absolute Gasteiger partial charge is 0.232 e. The van der Waals surface area contributed by atoms with E-state index in [1.807, 2.05) is 0 Å². The average molecular weight is 268 g/mol. The zero-order chi connectivity index (χ0) is 13.4. The average Bonchev–Trinajstić information content (AvgIpc) is 2.80. The molecule has 3 rings (SSSR count). The molecule has 2 nitrogen and oxygen atoms in total. The zero-order valence-electron chi connectivity index (χ0n) is 11.4. The molecule has 0 atom stereocenters. The number of aryl methyl sites for hydroxylation is 3. The Morgan fingerprint density at radius 1 is 1.16 bits per heavy atom. The molecule has 96 valence electrons. The highest BCUT2D eigenvalue weighted by Gasteiger charge is 2.11. The van der Waals surface area contributed by atoms with Crippen LogP contribution < -0.4 is 0 Å². The molecule has 2 heterocycles. The van der Waals surface area contributed by atoms with Gasteiger partial charge in [0.2, 0.25) is 0 Å². The molecule has 3 aromatic rings. The topological polar surface area (TPSA) is 25.8 Å². The normalized spacial score (nSPS) is 11.1. The Bertz CT molecular complexity index is 744. The van der Waals surface area contributed by atoms with Gasteiger partial charge in [-0.3, -0.25) is 0 Å². The van der Waals surface area contributed by atoms with Crippen molar-refractivity contribution in [2.45, 2.75) is 27.2 Å². The molecule has 0 saturated heterocycles. The number of fused-ring (bicyclic) bond motifs is 1. The van der Waals surface area contributed by atoms with Gasteiger partial charge >= 0.3 is 0 Å². The Hall–Kier alpha value is -1.74. The molecular formula is C16H16N2S. The van der Waals surface area contributed by atoms with Crippen molar-refractivity contribution in [1.29, 1.82) is 0 Å². The number of thiophene rings is 1. The summed E-state index contributed by atoms with van der Waals surface area (Å²) < 4.78 is 1.23. The maximum Gasteiger partial charge on any atom is 0.160 e. The number of hydrogen-bond donors (Lipinski definition) is 0. The minimum Gasteiger partial charge on any atom is -0.232 e. The monoisotopic (exact) mass is 268 g/mol. The maximum atomic E-state index is 4.75. The maximum absolute atomic E-state index is 4.75. The molecule has 0 N–H and O–H groups in total. The molecule has 0 unspecified atom stereocenters. The Morgan fingerprint density at radius 3 is 2.74 bits per heavy atom. The Balaban J connectivity index is 2.27. The van der Waals surface area contributed by atoms with Crippen LogP contribution in [0.4, 0.5) is 0 Å². The van der Waals surface area contributed by atoms with Crippen LogP contribution in [0.1, 0.15) is 23.7 Å². The van der Waals surface area contributed by atoms with E-state index in [4.69, 9.17) is 9.97 Å². The molecule has 0 amide bonds. The minimum atomic E-state index is 0.842. The van der Waals surface area contributed by atoms with Gasteiger partial charge in [-0.25, -0.2) is 9.97 Å². The van der Waals surface area contributed by atoms with Crippen molar-refractivity contribution < 1.29 is 0 Å². The third-order valence-corrected chi connectivity index (χ3v) is 4.41. The number of rotatable bonds is 2. The van der Waals surface area contributed by atoms with Crippen LogP contribution in [0.2, 0.25) is 0 Å². The second kappa shape index (κ2) is 4.74. The summed E-state index contributed by atoms with van der Waals surface area (Å²) in [6, 6.07) is 8.38. The minimum absolute atomic E-state index is 0.842. The van der Waals surface area contributed by atoms with Crippen LogP contribution in [0.15, 0.2) is 29.6 Å². The van der Waals surface area contributed by atoms with E-state index >= 15 is 0 Å². The van der Waals surface area contributed by atoms with Gasteiger partial charge in [0, 0.05) is 5.56 Å². The molecule has 0 spiro atoms. The molecule has 2 aromatic heterocycles. The number of hydrogen-bond acceptors (Lipinski definition) is 3. The van der Waals surface area contributed by atoms with Crippen LogP contribution in [-0.4, -0.2) is 9.97 Å². The van der Waals surface area contributed by atoms with E-state index in [2.05, 4.69) is 50.4 Å². The van der Waals surface area contributed by atoms with Crippen molar-refractivity contribution in [1.82, 2.24) is 9.97 Å². The summed E-state index contributed by atoms with van der Waals surface area (Å²) in [5, 5.41) is 2.17. The smallest absolute Gasteiger partial charge is 0.160 e. The van der Waals surface area contributed by atoms with Gasteiger partial charge in [0.25, 0.3) is 0 Å². The van der Waals surface area contributed by atoms with Crippen LogP contribution in [0.3, 0.4) is 0 Å². The van der Waals surface area contributed by atoms with Gasteiger partial charge in [-0.05, 0) is 37.3 Å². The van der Waals surface area contributed by atoms with E-state index in [-0.39, 0.29) is 0 Å². The Kier molecular flexibility index (Phi) is 3.07. The van der Waals surface area contributed by atoms with E-state index < -0.39 is 0 Å². The SMILES string of the molecule is CCc1nc(-c2cccc(C)c2)nc2c(C)csc12. The molecule has 0 aliphatic heterocycles. The number of benzene rings is 1. The summed E-state index contributed by atoms with van der Waals surface area (Å²) in [7, 11) is 0. The van der Waals surface area contributed by atoms with Crippen LogP contribution in [-0.2, 0) is 6.42 Å². The Morgan fingerprint density at radius 2 is 2.00 bits per heavy atom. The lowest BCUT2D eigenvalue weighted by Gasteiger charge is -2.05. The quantitative estimate of drug-likeness (QED) is 0.682. The van der Waals surface area contributed by atoms with Crippen LogP contribution in [0.5, 0.6) is 0 Å². The summed E-state index contributed by atoms with van der Waals surface area (Å²) in [5.74, 6) is 0.842. The highest BCUT2D eigenvalue weighted by atomic mass is 32.1. The number of aromatic nitrogens is 2. The van der Waals surface area contributed by atoms with E-state index in [9.17, 15) is 0 Å². The molecule has 3 heteroatoms. The molecule has 0 saturated carbocycles. The van der Waals surface area contributed by atoms with Crippen molar-refractivity contribution in [2.75, 3.05) is 0 Å². The molecule has 0 aliphatic rings. The summed E-state index contributed by atoms with van der Waals surface area (Å²) in [5.41, 5.74) is 5.84. The first-order valence-corrected chi connectivity index (χ1v) is 7.38. The summed E-state index contributed by atoms with van der Waals surface area (Å²) in [6.07, 6.45) is 0.942.